The fourth-order valence-electron chi connectivity index (χ4n) is 2.16. The molecule has 22 heavy (non-hydrogen) atoms. The van der Waals surface area contributed by atoms with Crippen LogP contribution in [0.2, 0.25) is 0 Å². The predicted molar refractivity (Wildman–Crippen MR) is 89.8 cm³/mol. The maximum absolute atomic E-state index is 5.61. The van der Waals surface area contributed by atoms with Crippen molar-refractivity contribution in [3.05, 3.63) is 71.8 Å². The first-order valence-corrected chi connectivity index (χ1v) is 7.74. The molecule has 2 aromatic carbocycles. The van der Waals surface area contributed by atoms with E-state index in [0.29, 0.717) is 13.2 Å². The van der Waals surface area contributed by atoms with Crippen LogP contribution in [0.4, 0.5) is 0 Å². The Morgan fingerprint density at radius 2 is 1.68 bits per heavy atom. The van der Waals surface area contributed by atoms with Gasteiger partial charge < -0.3 is 9.57 Å². The average molecular weight is 297 g/mol. The molecule has 0 unspecified atom stereocenters. The molecule has 0 aliphatic carbocycles. The lowest BCUT2D eigenvalue weighted by atomic mass is 10.1. The van der Waals surface area contributed by atoms with Crippen molar-refractivity contribution in [3.63, 3.8) is 0 Å². The van der Waals surface area contributed by atoms with Crippen molar-refractivity contribution in [2.75, 3.05) is 6.61 Å². The van der Waals surface area contributed by atoms with E-state index in [4.69, 9.17) is 9.57 Å². The summed E-state index contributed by atoms with van der Waals surface area (Å²) in [7, 11) is 0. The van der Waals surface area contributed by atoms with Gasteiger partial charge in [0.05, 0.1) is 19.4 Å². The summed E-state index contributed by atoms with van der Waals surface area (Å²) in [5.41, 5.74) is 2.32. The fourth-order valence-corrected chi connectivity index (χ4v) is 2.16. The van der Waals surface area contributed by atoms with E-state index in [-0.39, 0.29) is 6.10 Å². The maximum Gasteiger partial charge on any atom is 0.152 e. The third-order valence-electron chi connectivity index (χ3n) is 3.29. The Morgan fingerprint density at radius 1 is 1.00 bits per heavy atom. The van der Waals surface area contributed by atoms with Crippen molar-refractivity contribution in [3.8, 4) is 0 Å². The lowest BCUT2D eigenvalue weighted by Gasteiger charge is -2.14. The molecule has 0 aromatic heterocycles. The molecule has 0 saturated heterocycles. The largest absolute Gasteiger partial charge is 0.388 e. The predicted octanol–water partition coefficient (Wildman–Crippen LogP) is 4.75. The summed E-state index contributed by atoms with van der Waals surface area (Å²) in [5.74, 6) is 0. The Balaban J connectivity index is 1.73. The molecule has 3 heteroatoms. The minimum absolute atomic E-state index is 0.0107. The molecule has 0 amide bonds. The van der Waals surface area contributed by atoms with Crippen molar-refractivity contribution < 1.29 is 9.57 Å². The molecule has 0 radical (unpaired) electrons. The highest BCUT2D eigenvalue weighted by Crippen LogP contribution is 2.22. The summed E-state index contributed by atoms with van der Waals surface area (Å²) in [6.07, 6.45) is 3.69. The minimum atomic E-state index is 0.0107. The van der Waals surface area contributed by atoms with Gasteiger partial charge in [0.15, 0.2) is 6.10 Å². The quantitative estimate of drug-likeness (QED) is 0.380. The monoisotopic (exact) mass is 297 g/mol. The smallest absolute Gasteiger partial charge is 0.152 e. The second-order valence-corrected chi connectivity index (χ2v) is 5.08. The molecule has 0 aliphatic heterocycles. The Morgan fingerprint density at radius 3 is 2.36 bits per heavy atom. The normalized spacial score (nSPS) is 12.4. The van der Waals surface area contributed by atoms with E-state index in [1.807, 2.05) is 48.5 Å². The van der Waals surface area contributed by atoms with E-state index in [0.717, 1.165) is 24.0 Å². The molecule has 0 fully saturated rings. The first-order valence-electron chi connectivity index (χ1n) is 7.74. The summed E-state index contributed by atoms with van der Waals surface area (Å²) in [6, 6.07) is 20.3. The van der Waals surface area contributed by atoms with E-state index in [1.165, 1.54) is 0 Å². The molecule has 2 aromatic rings. The standard InChI is InChI=1S/C19H23NO2/c1-2-9-19(18-12-7-4-8-13-18)22-20-14-15-21-16-17-10-5-3-6-11-17/h3-8,10-14,19H,2,9,15-16H2,1H3/b20-14+/t19-/m0/s1. The summed E-state index contributed by atoms with van der Waals surface area (Å²) in [6.45, 7) is 3.18. The Kier molecular flexibility index (Phi) is 7.19. The van der Waals surface area contributed by atoms with Crippen LogP contribution in [-0.2, 0) is 16.2 Å². The molecule has 0 saturated carbocycles. The first kappa shape index (κ1) is 16.2. The highest BCUT2D eigenvalue weighted by atomic mass is 16.6. The van der Waals surface area contributed by atoms with E-state index in [2.05, 4.69) is 24.2 Å². The van der Waals surface area contributed by atoms with Gasteiger partial charge in [-0.3, -0.25) is 0 Å². The second kappa shape index (κ2) is 9.74. The van der Waals surface area contributed by atoms with Crippen LogP contribution in [0, 0.1) is 0 Å². The number of benzene rings is 2. The zero-order chi connectivity index (χ0) is 15.5. The molecule has 0 aliphatic rings. The van der Waals surface area contributed by atoms with Crippen LogP contribution in [0.3, 0.4) is 0 Å². The highest BCUT2D eigenvalue weighted by molar-refractivity contribution is 5.57. The second-order valence-electron chi connectivity index (χ2n) is 5.08. The van der Waals surface area contributed by atoms with Gasteiger partial charge in [-0.2, -0.15) is 0 Å². The van der Waals surface area contributed by atoms with Crippen molar-refractivity contribution in [2.45, 2.75) is 32.5 Å². The SMILES string of the molecule is CCC[C@H](O/N=C/COCc1ccccc1)c1ccccc1. The molecule has 3 nitrogen and oxygen atoms in total. The van der Waals surface area contributed by atoms with Crippen LogP contribution < -0.4 is 0 Å². The molecular formula is C19H23NO2. The van der Waals surface area contributed by atoms with Crippen molar-refractivity contribution in [1.82, 2.24) is 0 Å². The molecular weight excluding hydrogens is 274 g/mol. The van der Waals surface area contributed by atoms with Crippen molar-refractivity contribution in [1.29, 1.82) is 0 Å². The molecule has 0 spiro atoms. The Labute approximate surface area is 132 Å². The van der Waals surface area contributed by atoms with Crippen LogP contribution in [0.25, 0.3) is 0 Å². The van der Waals surface area contributed by atoms with Crippen molar-refractivity contribution in [2.24, 2.45) is 5.16 Å². The van der Waals surface area contributed by atoms with Gasteiger partial charge in [0.2, 0.25) is 0 Å². The fraction of sp³-hybridized carbons (Fsp3) is 0.316. The van der Waals surface area contributed by atoms with Gasteiger partial charge in [-0.05, 0) is 17.5 Å². The molecule has 1 atom stereocenters. The molecule has 0 N–H and O–H groups in total. The maximum atomic E-state index is 5.61. The van der Waals surface area contributed by atoms with Gasteiger partial charge in [-0.1, -0.05) is 79.2 Å². The van der Waals surface area contributed by atoms with Crippen LogP contribution in [0.1, 0.15) is 37.0 Å². The number of rotatable bonds is 9. The van der Waals surface area contributed by atoms with E-state index < -0.39 is 0 Å². The van der Waals surface area contributed by atoms with Gasteiger partial charge in [0, 0.05) is 0 Å². The van der Waals surface area contributed by atoms with Crippen LogP contribution in [0.5, 0.6) is 0 Å². The topological polar surface area (TPSA) is 30.8 Å². The van der Waals surface area contributed by atoms with Gasteiger partial charge in [-0.25, -0.2) is 0 Å². The number of hydrogen-bond donors (Lipinski definition) is 0. The summed E-state index contributed by atoms with van der Waals surface area (Å²) in [5, 5.41) is 4.05. The molecule has 116 valence electrons. The van der Waals surface area contributed by atoms with Crippen molar-refractivity contribution >= 4 is 6.21 Å². The Bertz CT molecular complexity index is 540. The lowest BCUT2D eigenvalue weighted by molar-refractivity contribution is 0.0504. The summed E-state index contributed by atoms with van der Waals surface area (Å²) >= 11 is 0. The van der Waals surface area contributed by atoms with Gasteiger partial charge in [0.25, 0.3) is 0 Å². The summed E-state index contributed by atoms with van der Waals surface area (Å²) in [4.78, 5) is 5.61. The van der Waals surface area contributed by atoms with Gasteiger partial charge in [-0.15, -0.1) is 0 Å². The van der Waals surface area contributed by atoms with E-state index in [9.17, 15) is 0 Å². The first-order chi connectivity index (χ1) is 10.9. The number of ether oxygens (including phenoxy) is 1. The lowest BCUT2D eigenvalue weighted by Crippen LogP contribution is -2.02. The minimum Gasteiger partial charge on any atom is -0.388 e. The average Bonchev–Trinajstić information content (AvgIpc) is 2.58. The van der Waals surface area contributed by atoms with Gasteiger partial charge in [0.1, 0.15) is 0 Å². The van der Waals surface area contributed by atoms with Crippen LogP contribution in [0.15, 0.2) is 65.8 Å². The molecule has 2 rings (SSSR count). The van der Waals surface area contributed by atoms with Crippen LogP contribution >= 0.6 is 0 Å². The third kappa shape index (κ3) is 5.70. The van der Waals surface area contributed by atoms with Crippen LogP contribution in [-0.4, -0.2) is 12.8 Å². The molecule has 0 heterocycles. The third-order valence-corrected chi connectivity index (χ3v) is 3.29. The molecule has 0 bridgehead atoms. The van der Waals surface area contributed by atoms with E-state index >= 15 is 0 Å². The number of hydrogen-bond acceptors (Lipinski definition) is 3. The zero-order valence-corrected chi connectivity index (χ0v) is 13.0. The highest BCUT2D eigenvalue weighted by Gasteiger charge is 2.10. The van der Waals surface area contributed by atoms with E-state index in [1.54, 1.807) is 6.21 Å². The summed E-state index contributed by atoms with van der Waals surface area (Å²) < 4.78 is 5.54. The number of oxime groups is 1. The van der Waals surface area contributed by atoms with Gasteiger partial charge >= 0.3 is 0 Å². The Hall–Kier alpha value is -2.13. The zero-order valence-electron chi connectivity index (χ0n) is 13.0. The number of nitrogens with zero attached hydrogens (tertiary/aromatic N) is 1.